The zero-order chi connectivity index (χ0) is 19.1. The summed E-state index contributed by atoms with van der Waals surface area (Å²) in [5, 5.41) is 11.0. The van der Waals surface area contributed by atoms with E-state index in [1.54, 1.807) is 0 Å². The molecule has 25 heavy (non-hydrogen) atoms. The van der Waals surface area contributed by atoms with Gasteiger partial charge in [0.25, 0.3) is 0 Å². The van der Waals surface area contributed by atoms with Gasteiger partial charge in [-0.05, 0) is 0 Å². The fraction of sp³-hybridized carbons (Fsp3) is 0.200. The van der Waals surface area contributed by atoms with Crippen molar-refractivity contribution >= 4 is 50.1 Å². The van der Waals surface area contributed by atoms with Crippen molar-refractivity contribution in [3.8, 4) is 0 Å². The molecule has 2 N–H and O–H groups in total. The van der Waals surface area contributed by atoms with Crippen LogP contribution in [0.4, 0.5) is 9.18 Å². The van der Waals surface area contributed by atoms with Crippen LogP contribution in [0.25, 0.3) is 0 Å². The Hall–Kier alpha value is -2.96. The molecule has 1 rings (SSSR count). The molecule has 1 aromatic heterocycles. The molecule has 1 amide bonds. The summed E-state index contributed by atoms with van der Waals surface area (Å²) in [5.74, 6) is -3.51. The maximum atomic E-state index is 13.7. The first-order valence-electron chi connectivity index (χ1n) is 6.24. The first-order valence-corrected chi connectivity index (χ1v) is 6.65. The Morgan fingerprint density at radius 1 is 1.52 bits per heavy atom. The van der Waals surface area contributed by atoms with Gasteiger partial charge in [-0.25, -0.2) is 0 Å². The van der Waals surface area contributed by atoms with Gasteiger partial charge in [-0.15, -0.1) is 0 Å². The molecule has 128 valence electrons. The molecule has 2 radical (unpaired) electrons. The third kappa shape index (κ3) is 5.56. The van der Waals surface area contributed by atoms with Crippen LogP contribution in [0.1, 0.15) is 0 Å². The molecule has 0 aliphatic rings. The van der Waals surface area contributed by atoms with Crippen molar-refractivity contribution in [1.29, 1.82) is 5.41 Å². The Morgan fingerprint density at radius 3 is 2.72 bits per heavy atom. The molecule has 1 aromatic rings. The first kappa shape index (κ1) is 20.1. The van der Waals surface area contributed by atoms with Crippen LogP contribution in [0.3, 0.4) is 0 Å². The van der Waals surface area contributed by atoms with Gasteiger partial charge in [0.2, 0.25) is 0 Å². The third-order valence-electron chi connectivity index (χ3n) is 2.31. The van der Waals surface area contributed by atoms with E-state index in [-0.39, 0.29) is 4.57 Å². The molecule has 0 atom stereocenters. The maximum absolute atomic E-state index is 13.7. The molecule has 0 bridgehead atoms. The number of hydrogen-bond donors (Lipinski definition) is 2. The Labute approximate surface area is 145 Å². The van der Waals surface area contributed by atoms with E-state index in [1.807, 2.05) is 5.32 Å². The van der Waals surface area contributed by atoms with Crippen LogP contribution in [-0.2, 0) is 20.9 Å². The van der Waals surface area contributed by atoms with Crippen LogP contribution in [-0.4, -0.2) is 47.0 Å². The topological polar surface area (TPSA) is 145 Å². The molecule has 15 heteroatoms. The summed E-state index contributed by atoms with van der Waals surface area (Å²) in [6.07, 6.45) is -0.910. The predicted octanol–water partition coefficient (Wildman–Crippen LogP) is -1.49. The van der Waals surface area contributed by atoms with E-state index in [2.05, 4.69) is 14.6 Å². The molecule has 0 aliphatic carbocycles. The van der Waals surface area contributed by atoms with Crippen LogP contribution in [0.5, 0.6) is 0 Å². The Kier molecular flexibility index (Phi) is 7.05. The van der Waals surface area contributed by atoms with Gasteiger partial charge in [-0.1, -0.05) is 0 Å². The van der Waals surface area contributed by atoms with Crippen molar-refractivity contribution in [2.75, 3.05) is 0 Å². The Balaban J connectivity index is 3.18. The van der Waals surface area contributed by atoms with Gasteiger partial charge in [0.15, 0.2) is 7.85 Å². The molecular weight excluding hydrogens is 359 g/mol. The molecule has 1 heterocycles. The van der Waals surface area contributed by atoms with E-state index in [0.717, 1.165) is 7.07 Å². The van der Waals surface area contributed by atoms with Crippen LogP contribution >= 0.6 is 12.2 Å². The van der Waals surface area contributed by atoms with Crippen LogP contribution in [0, 0.1) is 11.2 Å². The van der Waals surface area contributed by atoms with Gasteiger partial charge in [0.1, 0.15) is 0 Å². The van der Waals surface area contributed by atoms with Gasteiger partial charge in [-0.3, -0.25) is 5.41 Å². The fourth-order valence-electron chi connectivity index (χ4n) is 1.40. The number of thiocarbonyl (C=S) groups is 1. The van der Waals surface area contributed by atoms with Crippen LogP contribution in [0.15, 0.2) is 20.8 Å². The number of rotatable bonds is 3. The zero-order valence-corrected chi connectivity index (χ0v) is 13.3. The van der Waals surface area contributed by atoms with E-state index < -0.39 is 46.6 Å². The molecule has 0 fully saturated rings. The molecule has 0 saturated heterocycles. The number of halogens is 1. The van der Waals surface area contributed by atoms with Crippen LogP contribution < -0.4 is 16.6 Å². The van der Waals surface area contributed by atoms with E-state index in [0.29, 0.717) is 10.8 Å². The molecule has 11 nitrogen and oxygen atoms in total. The van der Waals surface area contributed by atoms with E-state index in [9.17, 15) is 23.6 Å². The quantitative estimate of drug-likeness (QED) is 0.218. The number of alkyl carbamates (subject to hydrolysis) is 1. The van der Waals surface area contributed by atoms with Crippen molar-refractivity contribution in [3.05, 3.63) is 32.9 Å². The number of carbonyl (C=O) groups is 2. The number of nitrogens with one attached hydrogen (secondary N) is 2. The second kappa shape index (κ2) is 8.77. The van der Waals surface area contributed by atoms with Gasteiger partial charge >= 0.3 is 132 Å². The predicted molar refractivity (Wildman–Crippen MR) is 86.2 cm³/mol. The second-order valence-electron chi connectivity index (χ2n) is 4.03. The van der Waals surface area contributed by atoms with Crippen molar-refractivity contribution in [2.24, 2.45) is 5.06 Å². The molecule has 0 saturated carbocycles. The standard InChI is InChI=1S/C10H8B2FN5O6S/c1-12-16-24-5(19)3-17-6(20)4(13)2-18(10(17)22)8(25)15-9(21)23-7(11)14/h2,14H,3H2,1H3,(H,15,21,25). The number of aromatic nitrogens is 2. The number of ether oxygens (including phenoxy) is 1. The Bertz CT molecular complexity index is 882. The summed E-state index contributed by atoms with van der Waals surface area (Å²) in [5.41, 5.74) is -2.65. The minimum absolute atomic E-state index is 0.188. The van der Waals surface area contributed by atoms with Gasteiger partial charge in [0.05, 0.1) is 0 Å². The minimum atomic E-state index is -1.43. The zero-order valence-electron chi connectivity index (χ0n) is 12.5. The van der Waals surface area contributed by atoms with Gasteiger partial charge < -0.3 is 0 Å². The summed E-state index contributed by atoms with van der Waals surface area (Å²) in [4.78, 5) is 50.8. The number of amides is 1. The summed E-state index contributed by atoms with van der Waals surface area (Å²) in [6.45, 7) is 0.492. The molecule has 0 aliphatic heterocycles. The summed E-state index contributed by atoms with van der Waals surface area (Å²) in [6, 6.07) is 0. The average Bonchev–Trinajstić information content (AvgIpc) is 2.51. The van der Waals surface area contributed by atoms with Crippen LogP contribution in [0.2, 0.25) is 6.82 Å². The average molecular weight is 367 g/mol. The van der Waals surface area contributed by atoms with Gasteiger partial charge in [0, 0.05) is 0 Å². The normalized spacial score (nSPS) is 10.0. The van der Waals surface area contributed by atoms with Gasteiger partial charge in [-0.2, -0.15) is 0 Å². The monoisotopic (exact) mass is 367 g/mol. The number of nitrogens with zero attached hydrogens (tertiary/aromatic N) is 3. The van der Waals surface area contributed by atoms with Crippen molar-refractivity contribution < 1.29 is 23.6 Å². The molecule has 0 spiro atoms. The molecule has 0 unspecified atom stereocenters. The summed E-state index contributed by atoms with van der Waals surface area (Å²) < 4.78 is 18.4. The Morgan fingerprint density at radius 2 is 2.16 bits per heavy atom. The summed E-state index contributed by atoms with van der Waals surface area (Å²) in [7, 11) is 5.95. The first-order chi connectivity index (χ1) is 11.7. The SMILES string of the molecule is [B]C(=N)OC(=O)NC(=S)n1cc(F)c(=O)n(CC(=O)ON=BC)c1=O. The van der Waals surface area contributed by atoms with Crippen molar-refractivity contribution in [2.45, 2.75) is 13.4 Å². The van der Waals surface area contributed by atoms with E-state index >= 15 is 0 Å². The van der Waals surface area contributed by atoms with E-state index in [4.69, 9.17) is 25.5 Å². The second-order valence-corrected chi connectivity index (χ2v) is 4.42. The van der Waals surface area contributed by atoms with Crippen molar-refractivity contribution in [3.63, 3.8) is 0 Å². The van der Waals surface area contributed by atoms with E-state index in [1.165, 1.54) is 6.82 Å². The summed E-state index contributed by atoms with van der Waals surface area (Å²) >= 11 is 4.70. The molecular formula is C10H8B2FN5O6S. The number of hydrogen-bond acceptors (Lipinski definition) is 9. The molecule has 0 aromatic carbocycles. The number of carbonyl (C=O) groups excluding carboxylic acids is 2. The van der Waals surface area contributed by atoms with Crippen molar-refractivity contribution in [1.82, 2.24) is 14.5 Å². The third-order valence-corrected chi connectivity index (χ3v) is 2.61. The fourth-order valence-corrected chi connectivity index (χ4v) is 1.61.